The van der Waals surface area contributed by atoms with Crippen LogP contribution in [0.5, 0.6) is 11.6 Å². The summed E-state index contributed by atoms with van der Waals surface area (Å²) in [6.07, 6.45) is 0. The molecule has 0 atom stereocenters. The summed E-state index contributed by atoms with van der Waals surface area (Å²) in [5.74, 6) is 1.29. The topological polar surface area (TPSA) is 42.4 Å². The van der Waals surface area contributed by atoms with Gasteiger partial charge in [0.25, 0.3) is 0 Å². The lowest BCUT2D eigenvalue weighted by Crippen LogP contribution is -2.14. The third-order valence-corrected chi connectivity index (χ3v) is 3.75. The van der Waals surface area contributed by atoms with E-state index in [0.717, 1.165) is 20.6 Å². The average molecular weight is 383 g/mol. The molecule has 2 rings (SSSR count). The summed E-state index contributed by atoms with van der Waals surface area (Å²) in [6, 6.07) is 11.5. The number of aliphatic hydroxyl groups is 1. The molecule has 1 aromatic carbocycles. The lowest BCUT2D eigenvalue weighted by molar-refractivity contribution is 0.280. The summed E-state index contributed by atoms with van der Waals surface area (Å²) in [6.45, 7) is 6.25. The van der Waals surface area contributed by atoms with Crippen LogP contribution in [0.3, 0.4) is 0 Å². The van der Waals surface area contributed by atoms with Gasteiger partial charge in [-0.2, -0.15) is 0 Å². The monoisotopic (exact) mass is 383 g/mol. The predicted molar refractivity (Wildman–Crippen MR) is 88.1 cm³/mol. The van der Waals surface area contributed by atoms with E-state index in [4.69, 9.17) is 4.74 Å². The molecule has 1 heterocycles. The number of benzene rings is 1. The zero-order chi connectivity index (χ0) is 14.8. The zero-order valence-corrected chi connectivity index (χ0v) is 14.0. The number of hydrogen-bond donors (Lipinski definition) is 1. The number of halogens is 1. The lowest BCUT2D eigenvalue weighted by atomic mass is 9.91. The molecule has 0 unspecified atom stereocenters. The van der Waals surface area contributed by atoms with Gasteiger partial charge >= 0.3 is 0 Å². The Morgan fingerprint density at radius 2 is 1.90 bits per heavy atom. The second-order valence-corrected chi connectivity index (χ2v) is 6.80. The van der Waals surface area contributed by atoms with Crippen LogP contribution in [-0.2, 0) is 12.0 Å². The molecule has 1 aromatic heterocycles. The first-order valence-electron chi connectivity index (χ1n) is 6.45. The smallest absolute Gasteiger partial charge is 0.219 e. The van der Waals surface area contributed by atoms with Gasteiger partial charge in [-0.1, -0.05) is 32.9 Å². The largest absolute Gasteiger partial charge is 0.438 e. The number of ether oxygens (including phenoxy) is 1. The van der Waals surface area contributed by atoms with E-state index in [1.807, 2.05) is 30.3 Å². The molecule has 20 heavy (non-hydrogen) atoms. The van der Waals surface area contributed by atoms with Gasteiger partial charge in [-0.25, -0.2) is 4.98 Å². The Kier molecular flexibility index (Phi) is 4.65. The average Bonchev–Trinajstić information content (AvgIpc) is 2.40. The number of hydrogen-bond acceptors (Lipinski definition) is 3. The van der Waals surface area contributed by atoms with Crippen molar-refractivity contribution in [1.29, 1.82) is 0 Å². The molecule has 0 fully saturated rings. The van der Waals surface area contributed by atoms with Gasteiger partial charge in [0.2, 0.25) is 5.88 Å². The van der Waals surface area contributed by atoms with Crippen LogP contribution in [0.25, 0.3) is 0 Å². The second kappa shape index (κ2) is 6.10. The SMILES string of the molecule is CC(C)(C)c1cc(CO)cc(Oc2ccccc2I)n1. The maximum Gasteiger partial charge on any atom is 0.219 e. The highest BCUT2D eigenvalue weighted by atomic mass is 127. The number of nitrogens with zero attached hydrogens (tertiary/aromatic N) is 1. The van der Waals surface area contributed by atoms with Crippen molar-refractivity contribution in [3.63, 3.8) is 0 Å². The second-order valence-electron chi connectivity index (χ2n) is 5.64. The molecule has 0 aliphatic rings. The highest BCUT2D eigenvalue weighted by Gasteiger charge is 2.18. The Morgan fingerprint density at radius 3 is 2.50 bits per heavy atom. The van der Waals surface area contributed by atoms with E-state index in [0.29, 0.717) is 5.88 Å². The van der Waals surface area contributed by atoms with Gasteiger partial charge in [-0.15, -0.1) is 0 Å². The van der Waals surface area contributed by atoms with Crippen molar-refractivity contribution < 1.29 is 9.84 Å². The summed E-state index contributed by atoms with van der Waals surface area (Å²) in [4.78, 5) is 4.55. The summed E-state index contributed by atoms with van der Waals surface area (Å²) < 4.78 is 6.88. The quantitative estimate of drug-likeness (QED) is 0.806. The highest BCUT2D eigenvalue weighted by molar-refractivity contribution is 14.1. The number of aromatic nitrogens is 1. The van der Waals surface area contributed by atoms with E-state index < -0.39 is 0 Å². The Labute approximate surface area is 133 Å². The van der Waals surface area contributed by atoms with Gasteiger partial charge in [-0.05, 0) is 46.4 Å². The van der Waals surface area contributed by atoms with Crippen LogP contribution in [0.2, 0.25) is 0 Å². The Balaban J connectivity index is 2.39. The summed E-state index contributed by atoms with van der Waals surface area (Å²) in [5, 5.41) is 9.39. The van der Waals surface area contributed by atoms with E-state index >= 15 is 0 Å². The van der Waals surface area contributed by atoms with E-state index in [2.05, 4.69) is 48.3 Å². The Bertz CT molecular complexity index is 606. The van der Waals surface area contributed by atoms with Gasteiger partial charge < -0.3 is 9.84 Å². The fourth-order valence-electron chi connectivity index (χ4n) is 1.73. The molecule has 0 saturated heterocycles. The van der Waals surface area contributed by atoms with Crippen molar-refractivity contribution in [3.05, 3.63) is 51.2 Å². The minimum Gasteiger partial charge on any atom is -0.438 e. The molecule has 0 bridgehead atoms. The van der Waals surface area contributed by atoms with Gasteiger partial charge in [0.15, 0.2) is 0 Å². The number of rotatable bonds is 3. The van der Waals surface area contributed by atoms with Crippen molar-refractivity contribution >= 4 is 22.6 Å². The molecule has 4 heteroatoms. The molecule has 0 amide bonds. The van der Waals surface area contributed by atoms with Crippen LogP contribution in [0.15, 0.2) is 36.4 Å². The zero-order valence-electron chi connectivity index (χ0n) is 11.9. The van der Waals surface area contributed by atoms with Crippen LogP contribution >= 0.6 is 22.6 Å². The Hall–Kier alpha value is -1.14. The lowest BCUT2D eigenvalue weighted by Gasteiger charge is -2.19. The van der Waals surface area contributed by atoms with Crippen molar-refractivity contribution in [2.24, 2.45) is 0 Å². The number of para-hydroxylation sites is 1. The summed E-state index contributed by atoms with van der Waals surface area (Å²) in [5.41, 5.74) is 1.63. The predicted octanol–water partition coefficient (Wildman–Crippen LogP) is 4.27. The maximum absolute atomic E-state index is 9.39. The van der Waals surface area contributed by atoms with E-state index in [1.54, 1.807) is 6.07 Å². The fraction of sp³-hybridized carbons (Fsp3) is 0.312. The molecule has 0 aliphatic carbocycles. The molecule has 3 nitrogen and oxygen atoms in total. The molecule has 0 radical (unpaired) electrons. The third kappa shape index (κ3) is 3.70. The molecule has 0 saturated carbocycles. The van der Waals surface area contributed by atoms with E-state index in [-0.39, 0.29) is 12.0 Å². The molecule has 106 valence electrons. The molecule has 0 aliphatic heterocycles. The molecular formula is C16H18INO2. The van der Waals surface area contributed by atoms with Gasteiger partial charge in [0.1, 0.15) is 5.75 Å². The van der Waals surface area contributed by atoms with E-state index in [9.17, 15) is 5.11 Å². The van der Waals surface area contributed by atoms with Crippen LogP contribution < -0.4 is 4.74 Å². The first kappa shape index (κ1) is 15.3. The molecule has 1 N–H and O–H groups in total. The van der Waals surface area contributed by atoms with Crippen molar-refractivity contribution in [3.8, 4) is 11.6 Å². The van der Waals surface area contributed by atoms with Crippen molar-refractivity contribution in [1.82, 2.24) is 4.98 Å². The molecule has 2 aromatic rings. The normalized spacial score (nSPS) is 11.4. The summed E-state index contributed by atoms with van der Waals surface area (Å²) >= 11 is 2.23. The Morgan fingerprint density at radius 1 is 1.20 bits per heavy atom. The van der Waals surface area contributed by atoms with Crippen LogP contribution in [0.4, 0.5) is 0 Å². The van der Waals surface area contributed by atoms with Gasteiger partial charge in [0.05, 0.1) is 15.9 Å². The van der Waals surface area contributed by atoms with Crippen LogP contribution in [0, 0.1) is 3.57 Å². The number of aliphatic hydroxyl groups excluding tert-OH is 1. The minimum atomic E-state index is -0.0901. The minimum absolute atomic E-state index is 0.0200. The number of pyridine rings is 1. The fourth-order valence-corrected chi connectivity index (χ4v) is 2.22. The first-order valence-corrected chi connectivity index (χ1v) is 7.53. The van der Waals surface area contributed by atoms with E-state index in [1.165, 1.54) is 0 Å². The van der Waals surface area contributed by atoms with Gasteiger partial charge in [0, 0.05) is 11.5 Å². The van der Waals surface area contributed by atoms with Crippen LogP contribution in [-0.4, -0.2) is 10.1 Å². The van der Waals surface area contributed by atoms with Crippen molar-refractivity contribution in [2.45, 2.75) is 32.8 Å². The van der Waals surface area contributed by atoms with Crippen LogP contribution in [0.1, 0.15) is 32.0 Å². The van der Waals surface area contributed by atoms with Crippen molar-refractivity contribution in [2.75, 3.05) is 0 Å². The third-order valence-electron chi connectivity index (χ3n) is 2.86. The molecular weight excluding hydrogens is 365 g/mol. The maximum atomic E-state index is 9.39. The highest BCUT2D eigenvalue weighted by Crippen LogP contribution is 2.29. The summed E-state index contributed by atoms with van der Waals surface area (Å²) in [7, 11) is 0. The molecule has 0 spiro atoms. The van der Waals surface area contributed by atoms with Gasteiger partial charge in [-0.3, -0.25) is 0 Å². The first-order chi connectivity index (χ1) is 9.40. The standard InChI is InChI=1S/C16H18INO2/c1-16(2,3)14-8-11(10-19)9-15(18-14)20-13-7-5-4-6-12(13)17/h4-9,19H,10H2,1-3H3.